The highest BCUT2D eigenvalue weighted by molar-refractivity contribution is 9.10. The largest absolute Gasteiger partial charge is 0.494 e. The molecule has 0 saturated carbocycles. The molecule has 6 nitrogen and oxygen atoms in total. The number of rotatable bonds is 9. The molecule has 38 heavy (non-hydrogen) atoms. The van der Waals surface area contributed by atoms with Gasteiger partial charge in [-0.15, -0.1) is 0 Å². The third-order valence-electron chi connectivity index (χ3n) is 6.85. The molecule has 7 heteroatoms. The Morgan fingerprint density at radius 1 is 0.974 bits per heavy atom. The van der Waals surface area contributed by atoms with Gasteiger partial charge < -0.3 is 9.15 Å². The van der Waals surface area contributed by atoms with Crippen molar-refractivity contribution in [3.8, 4) is 5.75 Å². The minimum absolute atomic E-state index is 0.0294. The number of carbonyl (C=O) groups excluding carboxylic acids is 2. The van der Waals surface area contributed by atoms with Gasteiger partial charge in [0.05, 0.1) is 23.6 Å². The summed E-state index contributed by atoms with van der Waals surface area (Å²) in [4.78, 5) is 40.9. The molecular weight excluding hydrogens is 546 g/mol. The summed E-state index contributed by atoms with van der Waals surface area (Å²) in [6.07, 6.45) is 4.49. The third-order valence-corrected chi connectivity index (χ3v) is 7.34. The van der Waals surface area contributed by atoms with Crippen LogP contribution in [0.4, 0.5) is 5.69 Å². The maximum Gasteiger partial charge on any atom is 0.295 e. The lowest BCUT2D eigenvalue weighted by Gasteiger charge is -2.25. The summed E-state index contributed by atoms with van der Waals surface area (Å²) in [6, 6.07) is 18.8. The average molecular weight is 574 g/mol. The van der Waals surface area contributed by atoms with E-state index in [1.807, 2.05) is 24.3 Å². The Labute approximate surface area is 229 Å². The molecule has 0 N–H and O–H groups in total. The predicted molar refractivity (Wildman–Crippen MR) is 151 cm³/mol. The van der Waals surface area contributed by atoms with Gasteiger partial charge in [-0.05, 0) is 73.5 Å². The van der Waals surface area contributed by atoms with Gasteiger partial charge in [0.15, 0.2) is 11.2 Å². The molecule has 1 aliphatic heterocycles. The first-order valence-electron chi connectivity index (χ1n) is 12.8. The number of amides is 1. The number of benzene rings is 3. The Morgan fingerprint density at radius 3 is 2.39 bits per heavy atom. The van der Waals surface area contributed by atoms with E-state index in [9.17, 15) is 14.4 Å². The second-order valence-electron chi connectivity index (χ2n) is 9.47. The number of unbranched alkanes of at least 4 members (excludes halogenated alkanes) is 3. The fourth-order valence-corrected chi connectivity index (χ4v) is 5.21. The van der Waals surface area contributed by atoms with Crippen molar-refractivity contribution < 1.29 is 18.7 Å². The molecule has 4 aromatic rings. The zero-order valence-corrected chi connectivity index (χ0v) is 22.9. The second-order valence-corrected chi connectivity index (χ2v) is 10.4. The number of anilines is 1. The van der Waals surface area contributed by atoms with Gasteiger partial charge in [-0.25, -0.2) is 0 Å². The van der Waals surface area contributed by atoms with Gasteiger partial charge >= 0.3 is 0 Å². The first-order valence-corrected chi connectivity index (χ1v) is 13.6. The number of fused-ring (bicyclic) bond motifs is 2. The van der Waals surface area contributed by atoms with E-state index in [1.54, 1.807) is 47.4 Å². The summed E-state index contributed by atoms with van der Waals surface area (Å²) >= 11 is 3.43. The van der Waals surface area contributed by atoms with Crippen molar-refractivity contribution >= 4 is 44.3 Å². The topological polar surface area (TPSA) is 76.8 Å². The van der Waals surface area contributed by atoms with Crippen LogP contribution in [0.5, 0.6) is 5.75 Å². The van der Waals surface area contributed by atoms with Crippen molar-refractivity contribution in [3.05, 3.63) is 104 Å². The van der Waals surface area contributed by atoms with E-state index < -0.39 is 11.9 Å². The smallest absolute Gasteiger partial charge is 0.295 e. The maximum absolute atomic E-state index is 13.8. The lowest BCUT2D eigenvalue weighted by atomic mass is 9.98. The zero-order chi connectivity index (χ0) is 26.8. The number of hydrogen-bond donors (Lipinski definition) is 0. The molecule has 1 aliphatic rings. The number of halogens is 1. The molecule has 194 valence electrons. The van der Waals surface area contributed by atoms with Crippen LogP contribution >= 0.6 is 15.9 Å². The van der Waals surface area contributed by atoms with Gasteiger partial charge in [-0.1, -0.05) is 54.2 Å². The van der Waals surface area contributed by atoms with Crippen LogP contribution in [0.15, 0.2) is 80.4 Å². The van der Waals surface area contributed by atoms with Crippen LogP contribution in [0.2, 0.25) is 0 Å². The first kappa shape index (κ1) is 25.9. The van der Waals surface area contributed by atoms with E-state index in [4.69, 9.17) is 9.15 Å². The predicted octanol–water partition coefficient (Wildman–Crippen LogP) is 7.47. The van der Waals surface area contributed by atoms with Crippen molar-refractivity contribution in [2.45, 2.75) is 45.6 Å². The van der Waals surface area contributed by atoms with Gasteiger partial charge in [0.2, 0.25) is 5.76 Å². The Hall–Kier alpha value is -3.71. The Balaban J connectivity index is 1.57. The molecule has 3 aromatic carbocycles. The van der Waals surface area contributed by atoms with Crippen molar-refractivity contribution in [2.24, 2.45) is 0 Å². The van der Waals surface area contributed by atoms with Gasteiger partial charge in [0.1, 0.15) is 11.3 Å². The van der Waals surface area contributed by atoms with E-state index in [0.29, 0.717) is 34.4 Å². The number of ketones is 1. The highest BCUT2D eigenvalue weighted by Gasteiger charge is 2.43. The number of ether oxygens (including phenoxy) is 1. The number of carbonyl (C=O) groups is 2. The molecule has 0 radical (unpaired) electrons. The van der Waals surface area contributed by atoms with E-state index in [1.165, 1.54) is 19.8 Å². The molecule has 1 amide bonds. The summed E-state index contributed by atoms with van der Waals surface area (Å²) in [5.74, 6) is 0.296. The summed E-state index contributed by atoms with van der Waals surface area (Å²) in [5.41, 5.74) is 2.26. The molecule has 1 unspecified atom stereocenters. The highest BCUT2D eigenvalue weighted by Crippen LogP contribution is 2.41. The lowest BCUT2D eigenvalue weighted by molar-refractivity contribution is 0.0970. The molecular formula is C31H28BrNO5. The van der Waals surface area contributed by atoms with Gasteiger partial charge in [0, 0.05) is 15.7 Å². The molecule has 0 spiro atoms. The summed E-state index contributed by atoms with van der Waals surface area (Å²) in [5, 5.41) is 0.400. The molecule has 0 bridgehead atoms. The molecule has 1 atom stereocenters. The number of hydrogen-bond acceptors (Lipinski definition) is 5. The fourth-order valence-electron chi connectivity index (χ4n) is 4.85. The van der Waals surface area contributed by atoms with Gasteiger partial charge in [-0.3, -0.25) is 19.3 Å². The summed E-state index contributed by atoms with van der Waals surface area (Å²) < 4.78 is 12.7. The zero-order valence-electron chi connectivity index (χ0n) is 21.3. The van der Waals surface area contributed by atoms with E-state index in [0.717, 1.165) is 28.6 Å². The highest BCUT2D eigenvalue weighted by atomic mass is 79.9. The molecule has 2 heterocycles. The van der Waals surface area contributed by atoms with E-state index in [-0.39, 0.29) is 17.0 Å². The lowest BCUT2D eigenvalue weighted by Crippen LogP contribution is -2.29. The van der Waals surface area contributed by atoms with E-state index in [2.05, 4.69) is 22.9 Å². The Bertz CT molecular complexity index is 1560. The molecule has 0 saturated heterocycles. The van der Waals surface area contributed by atoms with Crippen LogP contribution in [0, 0.1) is 0 Å². The van der Waals surface area contributed by atoms with Crippen LogP contribution in [0.3, 0.4) is 0 Å². The number of Topliss-reactive ketones (excluding diaryl/α,β-unsaturated/α-hetero) is 1. The molecule has 5 rings (SSSR count). The molecule has 0 fully saturated rings. The minimum Gasteiger partial charge on any atom is -0.494 e. The third kappa shape index (κ3) is 4.90. The van der Waals surface area contributed by atoms with Crippen LogP contribution in [-0.4, -0.2) is 18.3 Å². The SMILES string of the molecule is CCCCCCOc1ccc(C2c3c(oc4ccc(Br)cc4c3=O)C(=O)N2c2ccc(C(C)=O)cc2)cc1. The number of nitrogens with zero attached hydrogens (tertiary/aromatic N) is 1. The first-order chi connectivity index (χ1) is 18.4. The standard InChI is InChI=1S/C31H28BrNO5/c1-3-4-5-6-17-37-24-14-9-21(10-15-24)28-27-29(35)25-18-22(32)11-16-26(25)38-30(27)31(36)33(28)23-12-7-20(8-13-23)19(2)34/h7-16,18,28H,3-6,17H2,1-2H3. The molecule has 1 aromatic heterocycles. The van der Waals surface area contributed by atoms with Crippen molar-refractivity contribution in [3.63, 3.8) is 0 Å². The van der Waals surface area contributed by atoms with Crippen LogP contribution < -0.4 is 15.1 Å². The quantitative estimate of drug-likeness (QED) is 0.153. The normalized spacial score (nSPS) is 14.7. The maximum atomic E-state index is 13.8. The Morgan fingerprint density at radius 2 is 1.71 bits per heavy atom. The van der Waals surface area contributed by atoms with Crippen molar-refractivity contribution in [1.82, 2.24) is 0 Å². The van der Waals surface area contributed by atoms with E-state index >= 15 is 0 Å². The van der Waals surface area contributed by atoms with Gasteiger partial charge in [0.25, 0.3) is 5.91 Å². The Kier molecular flexibility index (Phi) is 7.47. The minimum atomic E-state index is -0.695. The molecule has 0 aliphatic carbocycles. The van der Waals surface area contributed by atoms with Crippen molar-refractivity contribution in [2.75, 3.05) is 11.5 Å². The summed E-state index contributed by atoms with van der Waals surface area (Å²) in [7, 11) is 0. The van der Waals surface area contributed by atoms with Gasteiger partial charge in [-0.2, -0.15) is 0 Å². The van der Waals surface area contributed by atoms with Crippen LogP contribution in [-0.2, 0) is 0 Å². The summed E-state index contributed by atoms with van der Waals surface area (Å²) in [6.45, 7) is 4.31. The fraction of sp³-hybridized carbons (Fsp3) is 0.258. The monoisotopic (exact) mass is 573 g/mol. The van der Waals surface area contributed by atoms with Crippen LogP contribution in [0.25, 0.3) is 11.0 Å². The average Bonchev–Trinajstić information content (AvgIpc) is 3.21. The van der Waals surface area contributed by atoms with Crippen LogP contribution in [0.1, 0.15) is 77.6 Å². The second kappa shape index (κ2) is 11.0. The van der Waals surface area contributed by atoms with Crippen molar-refractivity contribution in [1.29, 1.82) is 0 Å².